The molecule has 2 N–H and O–H groups in total. The van der Waals surface area contributed by atoms with Gasteiger partial charge in [-0.3, -0.25) is 4.79 Å². The highest BCUT2D eigenvalue weighted by Crippen LogP contribution is 2.32. The predicted octanol–water partition coefficient (Wildman–Crippen LogP) is 3.13. The van der Waals surface area contributed by atoms with Crippen LogP contribution in [-0.4, -0.2) is 40.4 Å². The van der Waals surface area contributed by atoms with Crippen LogP contribution in [0.2, 0.25) is 0 Å². The molecular formula is C17H19Cl2N3O3S. The third-order valence-corrected chi connectivity index (χ3v) is 4.72. The number of benzene rings is 1. The Morgan fingerprint density at radius 1 is 1.42 bits per heavy atom. The van der Waals surface area contributed by atoms with E-state index in [1.165, 1.54) is 0 Å². The van der Waals surface area contributed by atoms with E-state index in [2.05, 4.69) is 10.6 Å². The molecule has 1 aliphatic rings. The molecule has 140 valence electrons. The molecule has 1 aliphatic heterocycles. The Balaban J connectivity index is 2.42. The van der Waals surface area contributed by atoms with Crippen LogP contribution in [0.25, 0.3) is 0 Å². The number of ether oxygens (including phenoxy) is 1. The maximum atomic E-state index is 12.5. The fourth-order valence-corrected chi connectivity index (χ4v) is 2.92. The van der Waals surface area contributed by atoms with Gasteiger partial charge in [0.05, 0.1) is 18.2 Å². The second-order valence-corrected chi connectivity index (χ2v) is 7.06. The number of anilines is 1. The highest BCUT2D eigenvalue weighted by Gasteiger charge is 2.33. The van der Waals surface area contributed by atoms with Gasteiger partial charge in [0.2, 0.25) is 0 Å². The van der Waals surface area contributed by atoms with Gasteiger partial charge in [0, 0.05) is 18.4 Å². The summed E-state index contributed by atoms with van der Waals surface area (Å²) in [4.78, 5) is 24.7. The largest absolute Gasteiger partial charge is 0.463 e. The standard InChI is InChI=1S/C17H19Cl2N3O3S/c1-4-25-16(24)12-9(2)22(3)17(26)21-13(12)10-6-5-7-11(8-10)20-15(23)14(18)19/h5-8,13-14H,4H2,1-3H3,(H,20,23)(H,21,26). The topological polar surface area (TPSA) is 70.7 Å². The van der Waals surface area contributed by atoms with Crippen molar-refractivity contribution in [3.05, 3.63) is 41.1 Å². The molecule has 0 aromatic heterocycles. The second kappa shape index (κ2) is 8.70. The van der Waals surface area contributed by atoms with Gasteiger partial charge in [0.25, 0.3) is 5.91 Å². The third-order valence-electron chi connectivity index (χ3n) is 3.94. The van der Waals surface area contributed by atoms with Crippen LogP contribution in [0.4, 0.5) is 5.69 Å². The van der Waals surface area contributed by atoms with E-state index < -0.39 is 22.8 Å². The molecule has 0 radical (unpaired) electrons. The zero-order valence-corrected chi connectivity index (χ0v) is 16.8. The van der Waals surface area contributed by atoms with Crippen molar-refractivity contribution >= 4 is 58.1 Å². The first kappa shape index (κ1) is 20.5. The highest BCUT2D eigenvalue weighted by atomic mass is 35.5. The number of carbonyl (C=O) groups excluding carboxylic acids is 2. The fraction of sp³-hybridized carbons (Fsp3) is 0.353. The zero-order valence-electron chi connectivity index (χ0n) is 14.5. The quantitative estimate of drug-likeness (QED) is 0.437. The van der Waals surface area contributed by atoms with Crippen LogP contribution in [0.3, 0.4) is 0 Å². The minimum absolute atomic E-state index is 0.263. The van der Waals surface area contributed by atoms with Gasteiger partial charge in [-0.05, 0) is 43.8 Å². The summed E-state index contributed by atoms with van der Waals surface area (Å²) < 4.78 is 5.20. The first-order valence-corrected chi connectivity index (χ1v) is 9.15. The Morgan fingerprint density at radius 2 is 2.12 bits per heavy atom. The number of alkyl halides is 2. The van der Waals surface area contributed by atoms with E-state index in [1.54, 1.807) is 37.1 Å². The lowest BCUT2D eigenvalue weighted by atomic mass is 9.95. The van der Waals surface area contributed by atoms with Crippen molar-refractivity contribution in [3.8, 4) is 0 Å². The lowest BCUT2D eigenvalue weighted by Crippen LogP contribution is -2.46. The van der Waals surface area contributed by atoms with Gasteiger partial charge < -0.3 is 20.3 Å². The Bertz CT molecular complexity index is 767. The molecule has 0 aliphatic carbocycles. The van der Waals surface area contributed by atoms with Gasteiger partial charge in [-0.1, -0.05) is 35.3 Å². The van der Waals surface area contributed by atoms with E-state index in [0.717, 1.165) is 5.56 Å². The lowest BCUT2D eigenvalue weighted by molar-refractivity contribution is -0.139. The SMILES string of the molecule is CCOC(=O)C1=C(C)N(C)C(=S)NC1c1cccc(NC(=O)C(Cl)Cl)c1. The molecule has 0 fully saturated rings. The van der Waals surface area contributed by atoms with Gasteiger partial charge in [-0.15, -0.1) is 0 Å². The summed E-state index contributed by atoms with van der Waals surface area (Å²) in [6, 6.07) is 6.51. The Hall–Kier alpha value is -1.83. The van der Waals surface area contributed by atoms with Crippen molar-refractivity contribution in [2.45, 2.75) is 24.7 Å². The Labute approximate surface area is 167 Å². The molecule has 6 nitrogen and oxygen atoms in total. The molecular weight excluding hydrogens is 397 g/mol. The average Bonchev–Trinajstić information content (AvgIpc) is 2.59. The van der Waals surface area contributed by atoms with Gasteiger partial charge in [0.1, 0.15) is 0 Å². The van der Waals surface area contributed by atoms with Crippen LogP contribution in [-0.2, 0) is 14.3 Å². The summed E-state index contributed by atoms with van der Waals surface area (Å²) in [5, 5.41) is 6.24. The number of thiocarbonyl (C=S) groups is 1. The number of nitrogens with zero attached hydrogens (tertiary/aromatic N) is 1. The first-order valence-electron chi connectivity index (χ1n) is 7.87. The molecule has 1 atom stereocenters. The minimum Gasteiger partial charge on any atom is -0.463 e. The summed E-state index contributed by atoms with van der Waals surface area (Å²) in [7, 11) is 1.78. The molecule has 1 amide bonds. The van der Waals surface area contributed by atoms with E-state index in [4.69, 9.17) is 40.2 Å². The van der Waals surface area contributed by atoms with Crippen LogP contribution in [0.1, 0.15) is 25.5 Å². The molecule has 2 rings (SSSR count). The lowest BCUT2D eigenvalue weighted by Gasteiger charge is -2.35. The molecule has 0 saturated heterocycles. The Kier molecular flexibility index (Phi) is 6.86. The molecule has 1 heterocycles. The normalized spacial score (nSPS) is 17.2. The number of rotatable bonds is 5. The number of halogens is 2. The molecule has 0 spiro atoms. The van der Waals surface area contributed by atoms with Crippen molar-refractivity contribution in [1.82, 2.24) is 10.2 Å². The molecule has 1 aromatic rings. The van der Waals surface area contributed by atoms with Crippen LogP contribution < -0.4 is 10.6 Å². The van der Waals surface area contributed by atoms with Crippen LogP contribution in [0, 0.1) is 0 Å². The molecule has 1 unspecified atom stereocenters. The highest BCUT2D eigenvalue weighted by molar-refractivity contribution is 7.80. The number of hydrogen-bond acceptors (Lipinski definition) is 4. The summed E-state index contributed by atoms with van der Waals surface area (Å²) in [5.74, 6) is -0.956. The van der Waals surface area contributed by atoms with Gasteiger partial charge >= 0.3 is 5.97 Å². The summed E-state index contributed by atoms with van der Waals surface area (Å²) >= 11 is 16.5. The maximum Gasteiger partial charge on any atom is 0.338 e. The molecule has 9 heteroatoms. The van der Waals surface area contributed by atoms with Crippen molar-refractivity contribution in [3.63, 3.8) is 0 Å². The first-order chi connectivity index (χ1) is 12.3. The Morgan fingerprint density at radius 3 is 2.73 bits per heavy atom. The van der Waals surface area contributed by atoms with E-state index in [1.807, 2.05) is 13.0 Å². The van der Waals surface area contributed by atoms with Gasteiger partial charge in [-0.2, -0.15) is 0 Å². The number of carbonyl (C=O) groups is 2. The summed E-state index contributed by atoms with van der Waals surface area (Å²) in [6.45, 7) is 3.82. The summed E-state index contributed by atoms with van der Waals surface area (Å²) in [6.07, 6.45) is 0. The van der Waals surface area contributed by atoms with Crippen molar-refractivity contribution in [2.75, 3.05) is 19.0 Å². The number of nitrogens with one attached hydrogen (secondary N) is 2. The van der Waals surface area contributed by atoms with Gasteiger partial charge in [0.15, 0.2) is 9.95 Å². The maximum absolute atomic E-state index is 12.5. The predicted molar refractivity (Wildman–Crippen MR) is 106 cm³/mol. The minimum atomic E-state index is -1.18. The smallest absolute Gasteiger partial charge is 0.338 e. The van der Waals surface area contributed by atoms with Crippen molar-refractivity contribution < 1.29 is 14.3 Å². The number of allylic oxidation sites excluding steroid dienone is 1. The molecule has 1 aromatic carbocycles. The van der Waals surface area contributed by atoms with Crippen LogP contribution >= 0.6 is 35.4 Å². The van der Waals surface area contributed by atoms with E-state index >= 15 is 0 Å². The monoisotopic (exact) mass is 415 g/mol. The van der Waals surface area contributed by atoms with Crippen LogP contribution in [0.5, 0.6) is 0 Å². The number of esters is 1. The fourth-order valence-electron chi connectivity index (χ4n) is 2.55. The van der Waals surface area contributed by atoms with Gasteiger partial charge in [-0.25, -0.2) is 4.79 Å². The molecule has 0 bridgehead atoms. The number of hydrogen-bond donors (Lipinski definition) is 2. The average molecular weight is 416 g/mol. The second-order valence-electron chi connectivity index (χ2n) is 5.58. The van der Waals surface area contributed by atoms with E-state index in [9.17, 15) is 9.59 Å². The summed E-state index contributed by atoms with van der Waals surface area (Å²) in [5.41, 5.74) is 2.40. The van der Waals surface area contributed by atoms with Crippen molar-refractivity contribution in [1.29, 1.82) is 0 Å². The zero-order chi connectivity index (χ0) is 19.4. The van der Waals surface area contributed by atoms with E-state index in [-0.39, 0.29) is 6.61 Å². The molecule has 26 heavy (non-hydrogen) atoms. The van der Waals surface area contributed by atoms with E-state index in [0.29, 0.717) is 22.1 Å². The van der Waals surface area contributed by atoms with Crippen LogP contribution in [0.15, 0.2) is 35.5 Å². The molecule has 0 saturated carbocycles. The van der Waals surface area contributed by atoms with Crippen molar-refractivity contribution in [2.24, 2.45) is 0 Å². The third kappa shape index (κ3) is 4.47. The number of amides is 1.